The summed E-state index contributed by atoms with van der Waals surface area (Å²) in [6.07, 6.45) is 0.648. The third kappa shape index (κ3) is 3.87. The molecule has 0 aromatic carbocycles. The van der Waals surface area contributed by atoms with E-state index in [-0.39, 0.29) is 12.2 Å². The van der Waals surface area contributed by atoms with Crippen molar-refractivity contribution in [3.63, 3.8) is 0 Å². The highest BCUT2D eigenvalue weighted by Gasteiger charge is 2.27. The Morgan fingerprint density at radius 3 is 2.50 bits per heavy atom. The molecule has 0 atom stereocenters. The van der Waals surface area contributed by atoms with Crippen molar-refractivity contribution in [3.8, 4) is 0 Å². The van der Waals surface area contributed by atoms with E-state index >= 15 is 0 Å². The van der Waals surface area contributed by atoms with E-state index in [9.17, 15) is 9.59 Å². The summed E-state index contributed by atoms with van der Waals surface area (Å²) in [6, 6.07) is 0. The summed E-state index contributed by atoms with van der Waals surface area (Å²) >= 11 is 7.57. The van der Waals surface area contributed by atoms with Crippen LogP contribution in [-0.4, -0.2) is 33.9 Å². The number of rotatable bonds is 6. The lowest BCUT2D eigenvalue weighted by molar-refractivity contribution is 0.0601. The number of aryl methyl sites for hydroxylation is 3. The molecule has 0 aliphatic carbocycles. The average Bonchev–Trinajstić information content (AvgIpc) is 3.31. The maximum atomic E-state index is 13.0. The van der Waals surface area contributed by atoms with Gasteiger partial charge in [0.25, 0.3) is 5.91 Å². The van der Waals surface area contributed by atoms with Crippen molar-refractivity contribution in [2.24, 2.45) is 0 Å². The van der Waals surface area contributed by atoms with Gasteiger partial charge in [0.15, 0.2) is 5.69 Å². The summed E-state index contributed by atoms with van der Waals surface area (Å²) < 4.78 is 11.9. The quantitative estimate of drug-likeness (QED) is 0.556. The number of carbonyl (C=O) groups is 2. The smallest absolute Gasteiger partial charge is 0.341 e. The minimum absolute atomic E-state index is 0.135. The molecular weight excluding hydrogens is 428 g/mol. The van der Waals surface area contributed by atoms with Crippen LogP contribution in [0.4, 0.5) is 5.00 Å². The topological polar surface area (TPSA) is 99.3 Å². The third-order valence-corrected chi connectivity index (χ3v) is 6.59. The number of amides is 1. The zero-order chi connectivity index (χ0) is 22.2. The van der Waals surface area contributed by atoms with E-state index < -0.39 is 11.9 Å². The van der Waals surface area contributed by atoms with E-state index in [1.54, 1.807) is 11.6 Å². The molecule has 0 fully saturated rings. The minimum Gasteiger partial charge on any atom is -0.465 e. The number of thiophene rings is 1. The Kier molecular flexibility index (Phi) is 6.33. The van der Waals surface area contributed by atoms with Crippen molar-refractivity contribution in [2.45, 2.75) is 47.6 Å². The van der Waals surface area contributed by atoms with Crippen LogP contribution in [0.2, 0.25) is 5.02 Å². The molecule has 0 unspecified atom stereocenters. The maximum Gasteiger partial charge on any atom is 0.341 e. The first kappa shape index (κ1) is 22.0. The molecule has 8 nitrogen and oxygen atoms in total. The lowest BCUT2D eigenvalue weighted by Gasteiger charge is -2.08. The summed E-state index contributed by atoms with van der Waals surface area (Å²) in [4.78, 5) is 26.3. The van der Waals surface area contributed by atoms with Crippen LogP contribution < -0.4 is 5.32 Å². The van der Waals surface area contributed by atoms with Gasteiger partial charge in [0.05, 0.1) is 35.6 Å². The second kappa shape index (κ2) is 8.61. The van der Waals surface area contributed by atoms with Gasteiger partial charge in [0.1, 0.15) is 10.8 Å². The number of nitrogens with one attached hydrogen (secondary N) is 1. The van der Waals surface area contributed by atoms with E-state index in [1.807, 2.05) is 27.7 Å². The van der Waals surface area contributed by atoms with Gasteiger partial charge >= 0.3 is 5.97 Å². The highest BCUT2D eigenvalue weighted by atomic mass is 35.5. The van der Waals surface area contributed by atoms with E-state index in [1.165, 1.54) is 18.4 Å². The zero-order valence-electron chi connectivity index (χ0n) is 17.7. The van der Waals surface area contributed by atoms with Crippen LogP contribution in [0.5, 0.6) is 0 Å². The van der Waals surface area contributed by atoms with Crippen LogP contribution in [0.1, 0.15) is 60.9 Å². The fourth-order valence-electron chi connectivity index (χ4n) is 3.31. The normalized spacial score (nSPS) is 11.0. The Hall–Kier alpha value is -2.65. The highest BCUT2D eigenvalue weighted by Crippen LogP contribution is 2.34. The zero-order valence-corrected chi connectivity index (χ0v) is 19.2. The molecule has 0 saturated heterocycles. The van der Waals surface area contributed by atoms with Gasteiger partial charge in [-0.05, 0) is 39.7 Å². The molecular formula is C20H23ClN4O4S. The predicted octanol–water partition coefficient (Wildman–Crippen LogP) is 4.47. The van der Waals surface area contributed by atoms with E-state index in [0.717, 1.165) is 16.1 Å². The van der Waals surface area contributed by atoms with Crippen molar-refractivity contribution in [2.75, 3.05) is 12.4 Å². The number of halogens is 1. The highest BCUT2D eigenvalue weighted by molar-refractivity contribution is 7.16. The van der Waals surface area contributed by atoms with Crippen LogP contribution in [-0.2, 0) is 17.7 Å². The van der Waals surface area contributed by atoms with Gasteiger partial charge in [-0.1, -0.05) is 23.7 Å². The van der Waals surface area contributed by atoms with Gasteiger partial charge in [-0.3, -0.25) is 9.48 Å². The maximum absolute atomic E-state index is 13.0. The molecule has 3 rings (SSSR count). The average molecular weight is 451 g/mol. The summed E-state index contributed by atoms with van der Waals surface area (Å²) in [5, 5.41) is 12.2. The summed E-state index contributed by atoms with van der Waals surface area (Å²) in [6.45, 7) is 9.55. The first-order chi connectivity index (χ1) is 14.2. The third-order valence-electron chi connectivity index (χ3n) is 4.98. The minimum atomic E-state index is -0.486. The Bertz CT molecular complexity index is 1130. The van der Waals surface area contributed by atoms with Crippen LogP contribution in [0, 0.1) is 27.7 Å². The fraction of sp³-hybridized carbons (Fsp3) is 0.400. The lowest BCUT2D eigenvalue weighted by Crippen LogP contribution is -2.18. The van der Waals surface area contributed by atoms with Crippen LogP contribution in [0.25, 0.3) is 0 Å². The van der Waals surface area contributed by atoms with Crippen molar-refractivity contribution in [1.82, 2.24) is 14.9 Å². The summed E-state index contributed by atoms with van der Waals surface area (Å²) in [7, 11) is 1.32. The van der Waals surface area contributed by atoms with E-state index in [0.29, 0.717) is 39.0 Å². The fourth-order valence-corrected chi connectivity index (χ4v) is 4.57. The lowest BCUT2D eigenvalue weighted by atomic mass is 10.1. The Morgan fingerprint density at radius 1 is 1.23 bits per heavy atom. The molecule has 30 heavy (non-hydrogen) atoms. The first-order valence-electron chi connectivity index (χ1n) is 9.36. The van der Waals surface area contributed by atoms with Crippen molar-refractivity contribution in [3.05, 3.63) is 49.4 Å². The second-order valence-electron chi connectivity index (χ2n) is 6.85. The number of hydrogen-bond donors (Lipinski definition) is 1. The number of carbonyl (C=O) groups excluding carboxylic acids is 2. The van der Waals surface area contributed by atoms with Gasteiger partial charge in [-0.2, -0.15) is 5.10 Å². The molecule has 0 aliphatic rings. The Balaban J connectivity index is 1.95. The number of aromatic nitrogens is 3. The molecule has 3 aromatic heterocycles. The van der Waals surface area contributed by atoms with Crippen LogP contribution in [0.15, 0.2) is 4.52 Å². The molecule has 0 saturated carbocycles. The number of ether oxygens (including phenoxy) is 1. The van der Waals surface area contributed by atoms with Gasteiger partial charge in [0, 0.05) is 10.4 Å². The monoisotopic (exact) mass is 450 g/mol. The Labute approximate surface area is 183 Å². The first-order valence-corrected chi connectivity index (χ1v) is 10.6. The largest absolute Gasteiger partial charge is 0.465 e. The van der Waals surface area contributed by atoms with Crippen molar-refractivity contribution >= 4 is 39.8 Å². The molecule has 1 N–H and O–H groups in total. The molecule has 1 amide bonds. The molecule has 3 heterocycles. The SMILES string of the molecule is CCc1c(C)sc(NC(=O)c2noc(C)c2Cn2nc(C)c(Cl)c2C)c1C(=O)OC. The number of anilines is 1. The molecule has 10 heteroatoms. The van der Waals surface area contributed by atoms with Crippen molar-refractivity contribution in [1.29, 1.82) is 0 Å². The van der Waals surface area contributed by atoms with Crippen molar-refractivity contribution < 1.29 is 18.8 Å². The summed E-state index contributed by atoms with van der Waals surface area (Å²) in [5.41, 5.74) is 3.46. The molecule has 0 bridgehead atoms. The molecule has 3 aromatic rings. The number of hydrogen-bond acceptors (Lipinski definition) is 7. The molecule has 0 spiro atoms. The van der Waals surface area contributed by atoms with E-state index in [2.05, 4.69) is 15.6 Å². The standard InChI is InChI=1S/C20H23ClN4O4S/c1-7-13-12(5)30-19(15(13)20(27)28-6)22-18(26)17-14(11(4)29-24-17)8-25-10(3)16(21)9(2)23-25/h7-8H2,1-6H3,(H,22,26). The number of methoxy groups -OCH3 is 1. The number of nitrogens with zero attached hydrogens (tertiary/aromatic N) is 3. The number of esters is 1. The van der Waals surface area contributed by atoms with E-state index in [4.69, 9.17) is 20.9 Å². The van der Waals surface area contributed by atoms with Crippen LogP contribution in [0.3, 0.4) is 0 Å². The molecule has 0 aliphatic heterocycles. The van der Waals surface area contributed by atoms with Gasteiger partial charge in [-0.25, -0.2) is 4.79 Å². The molecule has 160 valence electrons. The second-order valence-corrected chi connectivity index (χ2v) is 8.45. The predicted molar refractivity (Wildman–Crippen MR) is 115 cm³/mol. The summed E-state index contributed by atoms with van der Waals surface area (Å²) in [5.74, 6) is -0.447. The Morgan fingerprint density at radius 2 is 1.93 bits per heavy atom. The van der Waals surface area contributed by atoms with Gasteiger partial charge < -0.3 is 14.6 Å². The van der Waals surface area contributed by atoms with Crippen LogP contribution >= 0.6 is 22.9 Å². The molecule has 0 radical (unpaired) electrons. The van der Waals surface area contributed by atoms with Gasteiger partial charge in [-0.15, -0.1) is 11.3 Å². The van der Waals surface area contributed by atoms with Gasteiger partial charge in [0.2, 0.25) is 0 Å².